The zero-order valence-electron chi connectivity index (χ0n) is 23.9. The fourth-order valence-electron chi connectivity index (χ4n) is 5.55. The van der Waals surface area contributed by atoms with E-state index in [1.807, 2.05) is 18.5 Å². The lowest BCUT2D eigenvalue weighted by Crippen LogP contribution is -2.47. The second-order valence-corrected chi connectivity index (χ2v) is 11.1. The Labute approximate surface area is 242 Å². The summed E-state index contributed by atoms with van der Waals surface area (Å²) in [6.45, 7) is 6.39. The Bertz CT molecular complexity index is 1400. The van der Waals surface area contributed by atoms with Crippen molar-refractivity contribution in [3.05, 3.63) is 90.0 Å². The van der Waals surface area contributed by atoms with Gasteiger partial charge in [0, 0.05) is 76.4 Å². The SMILES string of the molecule is CN(C)[C@H]1CCN(Cc2cccc(Nc3ncnc(N4CCN(c5ncc(Cc6ccccc6)cn5)CC4)n3)c2)C1. The molecule has 212 valence electrons. The lowest BCUT2D eigenvalue weighted by atomic mass is 10.1. The summed E-state index contributed by atoms with van der Waals surface area (Å²) in [6, 6.07) is 19.6. The smallest absolute Gasteiger partial charge is 0.231 e. The van der Waals surface area contributed by atoms with E-state index < -0.39 is 0 Å². The normalized spacial score (nSPS) is 17.8. The summed E-state index contributed by atoms with van der Waals surface area (Å²) in [5.74, 6) is 2.01. The maximum atomic E-state index is 4.73. The van der Waals surface area contributed by atoms with Crippen LogP contribution in [0.25, 0.3) is 0 Å². The molecule has 10 nitrogen and oxygen atoms in total. The number of nitrogens with zero attached hydrogens (tertiary/aromatic N) is 9. The summed E-state index contributed by atoms with van der Waals surface area (Å²) in [7, 11) is 4.34. The largest absolute Gasteiger partial charge is 0.337 e. The van der Waals surface area contributed by atoms with Gasteiger partial charge in [0.15, 0.2) is 0 Å². The quantitative estimate of drug-likeness (QED) is 0.334. The lowest BCUT2D eigenvalue weighted by Gasteiger charge is -2.34. The van der Waals surface area contributed by atoms with Gasteiger partial charge in [0.2, 0.25) is 17.8 Å². The van der Waals surface area contributed by atoms with Crippen LogP contribution in [0.4, 0.5) is 23.5 Å². The Kier molecular flexibility index (Phi) is 8.29. The Balaban J connectivity index is 1.02. The standard InChI is InChI=1S/C31H38N10/c1-38(2)28-11-12-39(22-28)21-25-9-6-10-27(18-25)36-29-34-23-35-31(37-29)41-15-13-40(14-16-41)30-32-19-26(20-33-30)17-24-7-4-3-5-8-24/h3-10,18-20,23,28H,11-17,21-22H2,1-2H3,(H,34,35,36,37)/t28-/m0/s1. The van der Waals surface area contributed by atoms with Crippen LogP contribution in [0.3, 0.4) is 0 Å². The molecule has 1 atom stereocenters. The molecule has 0 bridgehead atoms. The molecular formula is C31H38N10. The molecule has 0 radical (unpaired) electrons. The fourth-order valence-corrected chi connectivity index (χ4v) is 5.55. The number of benzene rings is 2. The highest BCUT2D eigenvalue weighted by atomic mass is 15.4. The van der Waals surface area contributed by atoms with Crippen molar-refractivity contribution in [2.45, 2.75) is 25.4 Å². The average Bonchev–Trinajstić information content (AvgIpc) is 3.48. The second-order valence-electron chi connectivity index (χ2n) is 11.1. The van der Waals surface area contributed by atoms with Gasteiger partial charge in [0.25, 0.3) is 0 Å². The summed E-state index contributed by atoms with van der Waals surface area (Å²) in [5, 5.41) is 3.39. The zero-order chi connectivity index (χ0) is 28.0. The van der Waals surface area contributed by atoms with Crippen LogP contribution in [-0.4, -0.2) is 94.1 Å². The highest BCUT2D eigenvalue weighted by Gasteiger charge is 2.24. The van der Waals surface area contributed by atoms with Crippen molar-refractivity contribution in [2.75, 3.05) is 68.5 Å². The van der Waals surface area contributed by atoms with Crippen molar-refractivity contribution in [3.8, 4) is 0 Å². The van der Waals surface area contributed by atoms with Crippen molar-refractivity contribution in [2.24, 2.45) is 0 Å². The third-order valence-corrected chi connectivity index (χ3v) is 7.91. The number of likely N-dealkylation sites (tertiary alicyclic amines) is 1. The van der Waals surface area contributed by atoms with Gasteiger partial charge in [0.05, 0.1) is 0 Å². The monoisotopic (exact) mass is 550 g/mol. The van der Waals surface area contributed by atoms with E-state index in [1.165, 1.54) is 17.5 Å². The van der Waals surface area contributed by atoms with E-state index in [4.69, 9.17) is 4.98 Å². The predicted octanol–water partition coefficient (Wildman–Crippen LogP) is 3.46. The van der Waals surface area contributed by atoms with Crippen molar-refractivity contribution in [3.63, 3.8) is 0 Å². The van der Waals surface area contributed by atoms with Crippen LogP contribution < -0.4 is 15.1 Å². The minimum absolute atomic E-state index is 0.556. The summed E-state index contributed by atoms with van der Waals surface area (Å²) in [4.78, 5) is 32.1. The maximum Gasteiger partial charge on any atom is 0.231 e. The van der Waals surface area contributed by atoms with E-state index in [-0.39, 0.29) is 0 Å². The van der Waals surface area contributed by atoms with E-state index in [2.05, 4.69) is 107 Å². The highest BCUT2D eigenvalue weighted by molar-refractivity contribution is 5.55. The molecular weight excluding hydrogens is 512 g/mol. The van der Waals surface area contributed by atoms with E-state index in [1.54, 1.807) is 6.33 Å². The molecule has 2 aromatic carbocycles. The molecule has 4 aromatic rings. The van der Waals surface area contributed by atoms with E-state index >= 15 is 0 Å². The maximum absolute atomic E-state index is 4.73. The number of nitrogens with one attached hydrogen (secondary N) is 1. The molecule has 10 heteroatoms. The Morgan fingerprint density at radius 2 is 1.51 bits per heavy atom. The Morgan fingerprint density at radius 3 is 2.24 bits per heavy atom. The number of aromatic nitrogens is 5. The Hall–Kier alpha value is -4.15. The van der Waals surface area contributed by atoms with Gasteiger partial charge >= 0.3 is 0 Å². The first-order chi connectivity index (χ1) is 20.1. The molecule has 0 amide bonds. The second kappa shape index (κ2) is 12.6. The van der Waals surface area contributed by atoms with Gasteiger partial charge in [-0.05, 0) is 49.3 Å². The van der Waals surface area contributed by atoms with Gasteiger partial charge in [0.1, 0.15) is 6.33 Å². The minimum Gasteiger partial charge on any atom is -0.337 e. The minimum atomic E-state index is 0.556. The van der Waals surface area contributed by atoms with Crippen LogP contribution in [0, 0.1) is 0 Å². The number of rotatable bonds is 9. The van der Waals surface area contributed by atoms with Crippen molar-refractivity contribution in [1.29, 1.82) is 0 Å². The Morgan fingerprint density at radius 1 is 0.780 bits per heavy atom. The summed E-state index contributed by atoms with van der Waals surface area (Å²) < 4.78 is 0. The molecule has 0 aliphatic carbocycles. The highest BCUT2D eigenvalue weighted by Crippen LogP contribution is 2.21. The first-order valence-electron chi connectivity index (χ1n) is 14.4. The molecule has 2 fully saturated rings. The van der Waals surface area contributed by atoms with Gasteiger partial charge in [-0.1, -0.05) is 42.5 Å². The zero-order valence-corrected chi connectivity index (χ0v) is 23.9. The summed E-state index contributed by atoms with van der Waals surface area (Å²) in [5.41, 5.74) is 4.65. The molecule has 6 rings (SSSR count). The summed E-state index contributed by atoms with van der Waals surface area (Å²) in [6.07, 6.45) is 7.52. The third-order valence-electron chi connectivity index (χ3n) is 7.91. The van der Waals surface area contributed by atoms with E-state index in [9.17, 15) is 0 Å². The molecule has 2 aliphatic heterocycles. The molecule has 1 N–H and O–H groups in total. The van der Waals surface area contributed by atoms with Crippen LogP contribution in [-0.2, 0) is 13.0 Å². The topological polar surface area (TPSA) is 89.4 Å². The number of anilines is 4. The van der Waals surface area contributed by atoms with Gasteiger partial charge in [-0.25, -0.2) is 19.9 Å². The lowest BCUT2D eigenvalue weighted by molar-refractivity contribution is 0.265. The molecule has 4 heterocycles. The molecule has 0 saturated carbocycles. The number of likely N-dealkylation sites (N-methyl/N-ethyl adjacent to an activating group) is 1. The van der Waals surface area contributed by atoms with Crippen LogP contribution in [0.1, 0.15) is 23.1 Å². The first kappa shape index (κ1) is 27.0. The predicted molar refractivity (Wildman–Crippen MR) is 163 cm³/mol. The molecule has 2 aliphatic rings. The first-order valence-corrected chi connectivity index (χ1v) is 14.4. The molecule has 0 unspecified atom stereocenters. The number of hydrogen-bond acceptors (Lipinski definition) is 10. The van der Waals surface area contributed by atoms with Crippen molar-refractivity contribution >= 4 is 23.5 Å². The number of piperazine rings is 1. The van der Waals surface area contributed by atoms with Gasteiger partial charge in [-0.2, -0.15) is 4.98 Å². The van der Waals surface area contributed by atoms with Crippen molar-refractivity contribution < 1.29 is 0 Å². The van der Waals surface area contributed by atoms with Crippen LogP contribution in [0.5, 0.6) is 0 Å². The van der Waals surface area contributed by atoms with Crippen molar-refractivity contribution in [1.82, 2.24) is 34.7 Å². The van der Waals surface area contributed by atoms with E-state index in [0.717, 1.165) is 69.4 Å². The van der Waals surface area contributed by atoms with Crippen LogP contribution in [0.2, 0.25) is 0 Å². The van der Waals surface area contributed by atoms with Gasteiger partial charge < -0.3 is 20.0 Å². The molecule has 2 saturated heterocycles. The average molecular weight is 551 g/mol. The fraction of sp³-hybridized carbons (Fsp3) is 0.387. The van der Waals surface area contributed by atoms with Gasteiger partial charge in [-0.15, -0.1) is 0 Å². The van der Waals surface area contributed by atoms with Gasteiger partial charge in [-0.3, -0.25) is 4.90 Å². The summed E-state index contributed by atoms with van der Waals surface area (Å²) >= 11 is 0. The van der Waals surface area contributed by atoms with Crippen LogP contribution in [0.15, 0.2) is 73.3 Å². The molecule has 41 heavy (non-hydrogen) atoms. The number of hydrogen-bond donors (Lipinski definition) is 1. The molecule has 2 aromatic heterocycles. The van der Waals surface area contributed by atoms with Crippen LogP contribution >= 0.6 is 0 Å². The third kappa shape index (κ3) is 6.96. The molecule has 0 spiro atoms. The van der Waals surface area contributed by atoms with E-state index in [0.29, 0.717) is 17.9 Å².